The lowest BCUT2D eigenvalue weighted by molar-refractivity contribution is -0.137. The number of nitriles is 1. The van der Waals surface area contributed by atoms with Crippen LogP contribution < -0.4 is 4.90 Å². The van der Waals surface area contributed by atoms with Crippen molar-refractivity contribution in [3.05, 3.63) is 59.4 Å². The average molecular weight is 430 g/mol. The molecule has 1 aromatic carbocycles. The molecule has 2 aliphatic rings. The molecular formula is C23H25F3N4O. The van der Waals surface area contributed by atoms with Gasteiger partial charge in [0.05, 0.1) is 17.2 Å². The van der Waals surface area contributed by atoms with Gasteiger partial charge in [-0.05, 0) is 61.2 Å². The number of nitrogens with zero attached hydrogens (tertiary/aromatic N) is 4. The lowest BCUT2D eigenvalue weighted by Crippen LogP contribution is -2.44. The van der Waals surface area contributed by atoms with Crippen molar-refractivity contribution in [1.29, 1.82) is 5.26 Å². The van der Waals surface area contributed by atoms with E-state index in [1.54, 1.807) is 18.3 Å². The second-order valence-electron chi connectivity index (χ2n) is 8.60. The Hall–Kier alpha value is -2.63. The Bertz CT molecular complexity index is 950. The van der Waals surface area contributed by atoms with Crippen LogP contribution in [0.2, 0.25) is 0 Å². The number of benzene rings is 1. The van der Waals surface area contributed by atoms with Gasteiger partial charge in [-0.25, -0.2) is 0 Å². The van der Waals surface area contributed by atoms with Crippen LogP contribution in [0.5, 0.6) is 0 Å². The van der Waals surface area contributed by atoms with E-state index in [2.05, 4.69) is 9.88 Å². The minimum atomic E-state index is -4.58. The number of halogens is 3. The molecule has 31 heavy (non-hydrogen) atoms. The Kier molecular flexibility index (Phi) is 5.91. The van der Waals surface area contributed by atoms with Crippen LogP contribution >= 0.6 is 0 Å². The summed E-state index contributed by atoms with van der Waals surface area (Å²) >= 11 is 0. The van der Waals surface area contributed by atoms with E-state index in [1.807, 2.05) is 23.2 Å². The number of anilines is 1. The smallest absolute Gasteiger partial charge is 0.396 e. The molecule has 0 saturated carbocycles. The van der Waals surface area contributed by atoms with E-state index in [0.29, 0.717) is 18.8 Å². The number of hydrogen-bond acceptors (Lipinski definition) is 5. The molecule has 0 radical (unpaired) electrons. The second kappa shape index (κ2) is 8.48. The zero-order valence-corrected chi connectivity index (χ0v) is 17.1. The molecule has 1 aromatic heterocycles. The third-order valence-corrected chi connectivity index (χ3v) is 6.81. The fourth-order valence-corrected chi connectivity index (χ4v) is 5.02. The first-order valence-electron chi connectivity index (χ1n) is 10.4. The number of aromatic nitrogens is 1. The Morgan fingerprint density at radius 2 is 2.00 bits per heavy atom. The molecule has 0 bridgehead atoms. The van der Waals surface area contributed by atoms with E-state index in [1.165, 1.54) is 6.07 Å². The van der Waals surface area contributed by atoms with E-state index in [4.69, 9.17) is 5.26 Å². The highest BCUT2D eigenvalue weighted by atomic mass is 19.4. The molecule has 4 rings (SSSR count). The summed E-state index contributed by atoms with van der Waals surface area (Å²) in [4.78, 5) is 8.46. The summed E-state index contributed by atoms with van der Waals surface area (Å²) in [6.07, 6.45) is 0.809. The van der Waals surface area contributed by atoms with E-state index in [0.717, 1.165) is 44.1 Å². The minimum absolute atomic E-state index is 0.0121. The number of rotatable bonds is 4. The summed E-state index contributed by atoms with van der Waals surface area (Å²) in [6.45, 7) is 3.72. The van der Waals surface area contributed by atoms with Gasteiger partial charge in [0, 0.05) is 50.2 Å². The molecule has 0 amide bonds. The zero-order valence-electron chi connectivity index (χ0n) is 17.1. The van der Waals surface area contributed by atoms with Crippen molar-refractivity contribution < 1.29 is 18.3 Å². The number of hydrogen-bond donors (Lipinski definition) is 1. The Morgan fingerprint density at radius 1 is 1.23 bits per heavy atom. The maximum atomic E-state index is 13.4. The van der Waals surface area contributed by atoms with Gasteiger partial charge in [-0.1, -0.05) is 6.07 Å². The van der Waals surface area contributed by atoms with E-state index < -0.39 is 11.7 Å². The Morgan fingerprint density at radius 3 is 2.61 bits per heavy atom. The van der Waals surface area contributed by atoms with Crippen molar-refractivity contribution in [2.45, 2.75) is 25.6 Å². The van der Waals surface area contributed by atoms with Gasteiger partial charge in [-0.15, -0.1) is 0 Å². The monoisotopic (exact) mass is 430 g/mol. The number of pyridine rings is 1. The van der Waals surface area contributed by atoms with Gasteiger partial charge in [0.2, 0.25) is 0 Å². The highest BCUT2D eigenvalue weighted by Crippen LogP contribution is 2.46. The second-order valence-corrected chi connectivity index (χ2v) is 8.60. The summed E-state index contributed by atoms with van der Waals surface area (Å²) in [5.74, 6) is 0.0121. The molecule has 3 heterocycles. The van der Waals surface area contributed by atoms with Gasteiger partial charge >= 0.3 is 6.18 Å². The van der Waals surface area contributed by atoms with Crippen LogP contribution in [0.1, 0.15) is 29.5 Å². The molecule has 164 valence electrons. The third kappa shape index (κ3) is 4.39. The number of aliphatic hydroxyl groups is 1. The van der Waals surface area contributed by atoms with Crippen LogP contribution in [0.3, 0.4) is 0 Å². The Labute approximate surface area is 179 Å². The molecule has 2 aromatic rings. The van der Waals surface area contributed by atoms with Crippen LogP contribution in [0.25, 0.3) is 0 Å². The lowest BCUT2D eigenvalue weighted by Gasteiger charge is -2.42. The topological polar surface area (TPSA) is 63.4 Å². The van der Waals surface area contributed by atoms with Gasteiger partial charge in [-0.3, -0.25) is 9.88 Å². The number of likely N-dealkylation sites (tertiary alicyclic amines) is 1. The molecule has 5 nitrogen and oxygen atoms in total. The predicted molar refractivity (Wildman–Crippen MR) is 110 cm³/mol. The largest absolute Gasteiger partial charge is 0.417 e. The summed E-state index contributed by atoms with van der Waals surface area (Å²) in [5.41, 5.74) is 0.224. The molecule has 0 aliphatic carbocycles. The van der Waals surface area contributed by atoms with Crippen LogP contribution in [0, 0.1) is 22.7 Å². The fourth-order valence-electron chi connectivity index (χ4n) is 5.02. The van der Waals surface area contributed by atoms with Crippen LogP contribution in [0.15, 0.2) is 42.7 Å². The van der Waals surface area contributed by atoms with Crippen molar-refractivity contribution in [2.75, 3.05) is 37.7 Å². The summed E-state index contributed by atoms with van der Waals surface area (Å²) in [7, 11) is 0. The predicted octanol–water partition coefficient (Wildman–Crippen LogP) is 3.68. The maximum Gasteiger partial charge on any atom is 0.417 e. The molecule has 1 spiro atoms. The summed E-state index contributed by atoms with van der Waals surface area (Å²) in [5, 5.41) is 19.1. The van der Waals surface area contributed by atoms with Crippen LogP contribution in [0.4, 0.5) is 18.9 Å². The molecule has 1 unspecified atom stereocenters. The molecule has 2 saturated heterocycles. The summed E-state index contributed by atoms with van der Waals surface area (Å²) < 4.78 is 40.2. The van der Waals surface area contributed by atoms with Gasteiger partial charge < -0.3 is 10.0 Å². The minimum Gasteiger partial charge on any atom is -0.396 e. The molecule has 1 atom stereocenters. The van der Waals surface area contributed by atoms with E-state index >= 15 is 0 Å². The standard InChI is InChI=1S/C23H25F3N4O/c24-23(25,26)21-10-20(4-3-18(21)11-27)30-14-19(15-31)22(16-30)5-8-29(9-6-22)13-17-2-1-7-28-12-17/h1-4,7,10,12,19,31H,5-6,8-9,13-16H2. The van der Waals surface area contributed by atoms with Crippen molar-refractivity contribution in [2.24, 2.45) is 11.3 Å². The van der Waals surface area contributed by atoms with Crippen molar-refractivity contribution in [1.82, 2.24) is 9.88 Å². The number of piperidine rings is 1. The van der Waals surface area contributed by atoms with Gasteiger partial charge in [0.25, 0.3) is 0 Å². The van der Waals surface area contributed by atoms with Crippen molar-refractivity contribution >= 4 is 5.69 Å². The lowest BCUT2D eigenvalue weighted by atomic mass is 9.71. The molecule has 1 N–H and O–H groups in total. The van der Waals surface area contributed by atoms with Gasteiger partial charge in [-0.2, -0.15) is 18.4 Å². The highest BCUT2D eigenvalue weighted by Gasteiger charge is 2.48. The maximum absolute atomic E-state index is 13.4. The van der Waals surface area contributed by atoms with E-state index in [-0.39, 0.29) is 23.5 Å². The first-order valence-corrected chi connectivity index (χ1v) is 10.4. The van der Waals surface area contributed by atoms with Crippen LogP contribution in [-0.4, -0.2) is 47.8 Å². The Balaban J connectivity index is 1.49. The molecule has 8 heteroatoms. The SMILES string of the molecule is N#Cc1ccc(N2CC(CO)C3(CCN(Cc4cccnc4)CC3)C2)cc1C(F)(F)F. The fraction of sp³-hybridized carbons (Fsp3) is 0.478. The quantitative estimate of drug-likeness (QED) is 0.802. The summed E-state index contributed by atoms with van der Waals surface area (Å²) in [6, 6.07) is 9.50. The normalized spacial score (nSPS) is 21.4. The third-order valence-electron chi connectivity index (χ3n) is 6.81. The first kappa shape index (κ1) is 21.6. The molecule has 2 fully saturated rings. The van der Waals surface area contributed by atoms with Crippen LogP contribution in [-0.2, 0) is 12.7 Å². The highest BCUT2D eigenvalue weighted by molar-refractivity contribution is 5.56. The number of alkyl halides is 3. The zero-order chi connectivity index (χ0) is 22.1. The van der Waals surface area contributed by atoms with Gasteiger partial charge in [0.1, 0.15) is 0 Å². The van der Waals surface area contributed by atoms with Gasteiger partial charge in [0.15, 0.2) is 0 Å². The van der Waals surface area contributed by atoms with E-state index in [9.17, 15) is 18.3 Å². The van der Waals surface area contributed by atoms with Crippen molar-refractivity contribution in [3.8, 4) is 6.07 Å². The average Bonchev–Trinajstić information content (AvgIpc) is 3.13. The first-order chi connectivity index (χ1) is 14.8. The van der Waals surface area contributed by atoms with Crippen molar-refractivity contribution in [3.63, 3.8) is 0 Å². The number of aliphatic hydroxyl groups excluding tert-OH is 1. The molecular weight excluding hydrogens is 405 g/mol. The molecule has 2 aliphatic heterocycles.